The Labute approximate surface area is 152 Å². The van der Waals surface area contributed by atoms with E-state index in [1.165, 1.54) is 23.2 Å². The van der Waals surface area contributed by atoms with E-state index in [4.69, 9.17) is 16.3 Å². The first-order chi connectivity index (χ1) is 11.7. The highest BCUT2D eigenvalue weighted by Crippen LogP contribution is 2.21. The molecule has 0 bridgehead atoms. The first-order valence-corrected chi connectivity index (χ1v) is 10.2. The highest BCUT2D eigenvalue weighted by Gasteiger charge is 2.36. The molecule has 25 heavy (non-hydrogen) atoms. The van der Waals surface area contributed by atoms with Crippen molar-refractivity contribution in [2.75, 3.05) is 18.1 Å². The van der Waals surface area contributed by atoms with Crippen LogP contribution < -0.4 is 0 Å². The molecule has 9 heteroatoms. The largest absolute Gasteiger partial charge is 0.452 e. The zero-order chi connectivity index (χ0) is 18.6. The van der Waals surface area contributed by atoms with E-state index in [-0.39, 0.29) is 34.3 Å². The molecule has 2 atom stereocenters. The second-order valence-electron chi connectivity index (χ2n) is 6.06. The molecule has 2 heterocycles. The van der Waals surface area contributed by atoms with Crippen LogP contribution in [-0.2, 0) is 19.4 Å². The van der Waals surface area contributed by atoms with Gasteiger partial charge in [0, 0.05) is 18.3 Å². The average Bonchev–Trinajstić information content (AvgIpc) is 2.92. The highest BCUT2D eigenvalue weighted by molar-refractivity contribution is 7.91. The van der Waals surface area contributed by atoms with Gasteiger partial charge in [0.15, 0.2) is 16.4 Å². The molecule has 1 fully saturated rings. The van der Waals surface area contributed by atoms with Gasteiger partial charge < -0.3 is 9.64 Å². The summed E-state index contributed by atoms with van der Waals surface area (Å²) in [6, 6.07) is 2.40. The molecule has 1 aromatic rings. The molecule has 0 radical (unpaired) electrons. The lowest BCUT2D eigenvalue weighted by atomic mass is 10.1. The molecule has 138 valence electrons. The Balaban J connectivity index is 2.02. The lowest BCUT2D eigenvalue weighted by Gasteiger charge is -2.33. The summed E-state index contributed by atoms with van der Waals surface area (Å²) in [5.41, 5.74) is 0.190. The van der Waals surface area contributed by atoms with Gasteiger partial charge in [-0.25, -0.2) is 18.2 Å². The number of carbonyl (C=O) groups is 2. The van der Waals surface area contributed by atoms with E-state index in [9.17, 15) is 18.0 Å². The molecule has 0 saturated carbocycles. The normalized spacial score (nSPS) is 20.0. The van der Waals surface area contributed by atoms with Crippen LogP contribution in [0.3, 0.4) is 0 Å². The van der Waals surface area contributed by atoms with Crippen LogP contribution in [0.1, 0.15) is 37.0 Å². The van der Waals surface area contributed by atoms with Gasteiger partial charge in [-0.05, 0) is 31.9 Å². The SMILES string of the molecule is CC[C@@H](C)N(C(=O)COC(=O)c1ccc(Cl)nc1)[C@@H]1CCS(=O)(=O)C1. The van der Waals surface area contributed by atoms with Gasteiger partial charge >= 0.3 is 5.97 Å². The topological polar surface area (TPSA) is 93.6 Å². The Morgan fingerprint density at radius 3 is 2.68 bits per heavy atom. The van der Waals surface area contributed by atoms with E-state index in [1.807, 2.05) is 13.8 Å². The molecule has 0 aliphatic carbocycles. The van der Waals surface area contributed by atoms with Gasteiger partial charge in [0.1, 0.15) is 5.15 Å². The van der Waals surface area contributed by atoms with E-state index in [1.54, 1.807) is 0 Å². The van der Waals surface area contributed by atoms with Crippen LogP contribution in [-0.4, -0.2) is 60.4 Å². The lowest BCUT2D eigenvalue weighted by Crippen LogP contribution is -2.48. The van der Waals surface area contributed by atoms with Crippen LogP contribution in [0, 0.1) is 0 Å². The summed E-state index contributed by atoms with van der Waals surface area (Å²) in [6.45, 7) is 3.33. The predicted molar refractivity (Wildman–Crippen MR) is 93.2 cm³/mol. The van der Waals surface area contributed by atoms with Crippen LogP contribution in [0.5, 0.6) is 0 Å². The number of pyridine rings is 1. The summed E-state index contributed by atoms with van der Waals surface area (Å²) in [4.78, 5) is 29.8. The first kappa shape index (κ1) is 19.7. The van der Waals surface area contributed by atoms with Crippen LogP contribution in [0.2, 0.25) is 5.15 Å². The summed E-state index contributed by atoms with van der Waals surface area (Å²) in [5, 5.41) is 0.248. The fourth-order valence-corrected chi connectivity index (χ4v) is 4.61. The molecule has 0 spiro atoms. The number of nitrogens with zero attached hydrogens (tertiary/aromatic N) is 2. The molecule has 1 aromatic heterocycles. The number of hydrogen-bond acceptors (Lipinski definition) is 6. The van der Waals surface area contributed by atoms with E-state index in [0.717, 1.165) is 0 Å². The van der Waals surface area contributed by atoms with E-state index >= 15 is 0 Å². The number of rotatable bonds is 6. The maximum atomic E-state index is 12.5. The van der Waals surface area contributed by atoms with Crippen molar-refractivity contribution < 1.29 is 22.7 Å². The Hall–Kier alpha value is -1.67. The molecule has 0 unspecified atom stereocenters. The number of sulfone groups is 1. The number of esters is 1. The molecule has 2 rings (SSSR count). The molecule has 0 aromatic carbocycles. The van der Waals surface area contributed by atoms with Crippen molar-refractivity contribution in [3.63, 3.8) is 0 Å². The third kappa shape index (κ3) is 5.15. The minimum atomic E-state index is -3.12. The highest BCUT2D eigenvalue weighted by atomic mass is 35.5. The molecule has 1 saturated heterocycles. The van der Waals surface area contributed by atoms with Crippen LogP contribution >= 0.6 is 11.6 Å². The number of carbonyl (C=O) groups excluding carboxylic acids is 2. The number of halogens is 1. The third-order valence-electron chi connectivity index (χ3n) is 4.25. The lowest BCUT2D eigenvalue weighted by molar-refractivity contribution is -0.138. The summed E-state index contributed by atoms with van der Waals surface area (Å²) >= 11 is 5.66. The number of hydrogen-bond donors (Lipinski definition) is 0. The van der Waals surface area contributed by atoms with Gasteiger partial charge in [0.25, 0.3) is 5.91 Å². The Kier molecular flexibility index (Phi) is 6.40. The number of ether oxygens (including phenoxy) is 1. The standard InChI is InChI=1S/C16H21ClN2O5S/c1-3-11(2)19(13-6-7-25(22,23)10-13)15(20)9-24-16(21)12-4-5-14(17)18-8-12/h4-5,8,11,13H,3,6-7,9-10H2,1-2H3/t11-,13-/m1/s1. The Morgan fingerprint density at radius 1 is 1.44 bits per heavy atom. The fourth-order valence-electron chi connectivity index (χ4n) is 2.78. The fraction of sp³-hybridized carbons (Fsp3) is 0.562. The van der Waals surface area contributed by atoms with Crippen molar-refractivity contribution >= 4 is 33.3 Å². The van der Waals surface area contributed by atoms with Crippen molar-refractivity contribution in [2.24, 2.45) is 0 Å². The first-order valence-electron chi connectivity index (χ1n) is 8.03. The van der Waals surface area contributed by atoms with Crippen LogP contribution in [0.15, 0.2) is 18.3 Å². The smallest absolute Gasteiger partial charge is 0.340 e. The third-order valence-corrected chi connectivity index (χ3v) is 6.22. The van der Waals surface area contributed by atoms with E-state index in [0.29, 0.717) is 12.8 Å². The van der Waals surface area contributed by atoms with Crippen molar-refractivity contribution in [2.45, 2.75) is 38.8 Å². The van der Waals surface area contributed by atoms with Crippen molar-refractivity contribution in [3.8, 4) is 0 Å². The molecular formula is C16H21ClN2O5S. The zero-order valence-corrected chi connectivity index (χ0v) is 15.7. The minimum Gasteiger partial charge on any atom is -0.452 e. The monoisotopic (exact) mass is 388 g/mol. The van der Waals surface area contributed by atoms with Gasteiger partial charge in [0.05, 0.1) is 17.1 Å². The van der Waals surface area contributed by atoms with Gasteiger partial charge in [-0.3, -0.25) is 4.79 Å². The molecule has 1 amide bonds. The molecule has 7 nitrogen and oxygen atoms in total. The molecular weight excluding hydrogens is 368 g/mol. The maximum absolute atomic E-state index is 12.5. The number of aromatic nitrogens is 1. The maximum Gasteiger partial charge on any atom is 0.340 e. The summed E-state index contributed by atoms with van der Waals surface area (Å²) < 4.78 is 28.5. The quantitative estimate of drug-likeness (QED) is 0.544. The summed E-state index contributed by atoms with van der Waals surface area (Å²) in [6.07, 6.45) is 2.36. The van der Waals surface area contributed by atoms with Crippen LogP contribution in [0.25, 0.3) is 0 Å². The Morgan fingerprint density at radius 2 is 2.16 bits per heavy atom. The Bertz CT molecular complexity index is 735. The average molecular weight is 389 g/mol. The van der Waals surface area contributed by atoms with Gasteiger partial charge in [-0.1, -0.05) is 18.5 Å². The van der Waals surface area contributed by atoms with E-state index < -0.39 is 28.3 Å². The molecule has 1 aliphatic rings. The molecule has 0 N–H and O–H groups in total. The van der Waals surface area contributed by atoms with Gasteiger partial charge in [-0.15, -0.1) is 0 Å². The van der Waals surface area contributed by atoms with E-state index in [2.05, 4.69) is 4.98 Å². The second-order valence-corrected chi connectivity index (χ2v) is 8.68. The second kappa shape index (κ2) is 8.14. The van der Waals surface area contributed by atoms with Crippen molar-refractivity contribution in [3.05, 3.63) is 29.0 Å². The van der Waals surface area contributed by atoms with Gasteiger partial charge in [0.2, 0.25) is 0 Å². The summed E-state index contributed by atoms with van der Waals surface area (Å²) in [7, 11) is -3.12. The number of amides is 1. The molecule has 1 aliphatic heterocycles. The summed E-state index contributed by atoms with van der Waals surface area (Å²) in [5.74, 6) is -1.04. The van der Waals surface area contributed by atoms with Crippen LogP contribution in [0.4, 0.5) is 0 Å². The van der Waals surface area contributed by atoms with Gasteiger partial charge in [-0.2, -0.15) is 0 Å². The van der Waals surface area contributed by atoms with Crippen molar-refractivity contribution in [1.82, 2.24) is 9.88 Å². The van der Waals surface area contributed by atoms with Crippen molar-refractivity contribution in [1.29, 1.82) is 0 Å². The minimum absolute atomic E-state index is 0.0435. The predicted octanol–water partition coefficient (Wildman–Crippen LogP) is 1.71. The zero-order valence-electron chi connectivity index (χ0n) is 14.1.